The van der Waals surface area contributed by atoms with E-state index in [1.165, 1.54) is 0 Å². The number of aromatic nitrogens is 3. The van der Waals surface area contributed by atoms with Gasteiger partial charge in [-0.05, 0) is 19.9 Å². The van der Waals surface area contributed by atoms with Crippen LogP contribution in [-0.4, -0.2) is 26.2 Å². The molecule has 3 aromatic rings. The Bertz CT molecular complexity index is 835. The fraction of sp³-hybridized carbons (Fsp3) is 0.250. The van der Waals surface area contributed by atoms with E-state index >= 15 is 0 Å². The molecule has 0 fully saturated rings. The maximum absolute atomic E-state index is 8.77. The average molecular weight is 329 g/mol. The molecule has 112 valence electrons. The minimum absolute atomic E-state index is 0.125. The van der Waals surface area contributed by atoms with E-state index in [4.69, 9.17) is 5.11 Å². The third-order valence-electron chi connectivity index (χ3n) is 3.21. The Hall–Kier alpha value is -1.94. The maximum atomic E-state index is 8.77. The van der Waals surface area contributed by atoms with E-state index in [0.29, 0.717) is 0 Å². The van der Waals surface area contributed by atoms with E-state index in [1.54, 1.807) is 22.7 Å². The van der Waals surface area contributed by atoms with Crippen molar-refractivity contribution in [3.8, 4) is 22.5 Å². The topological polar surface area (TPSA) is 50.9 Å². The second-order valence-corrected chi connectivity index (χ2v) is 6.62. The molecule has 0 aliphatic rings. The quantitative estimate of drug-likeness (QED) is 0.750. The first-order valence-corrected chi connectivity index (χ1v) is 8.58. The normalized spacial score (nSPS) is 12.0. The van der Waals surface area contributed by atoms with Crippen molar-refractivity contribution in [2.45, 2.75) is 19.9 Å². The summed E-state index contributed by atoms with van der Waals surface area (Å²) < 4.78 is 2.13. The number of rotatable bonds is 3. The van der Waals surface area contributed by atoms with Gasteiger partial charge in [0.15, 0.2) is 5.82 Å². The molecule has 0 aliphatic carbocycles. The lowest BCUT2D eigenvalue weighted by molar-refractivity contribution is 0.350. The van der Waals surface area contributed by atoms with Gasteiger partial charge in [0.1, 0.15) is 11.6 Å². The highest BCUT2D eigenvalue weighted by atomic mass is 32.1. The molecule has 22 heavy (non-hydrogen) atoms. The summed E-state index contributed by atoms with van der Waals surface area (Å²) in [7, 11) is 0. The average Bonchev–Trinajstić information content (AvgIpc) is 3.23. The van der Waals surface area contributed by atoms with Crippen LogP contribution in [0.3, 0.4) is 0 Å². The third kappa shape index (κ3) is 2.97. The minimum atomic E-state index is -0.125. The smallest absolute Gasteiger partial charge is 0.150 e. The molecule has 0 spiro atoms. The molecular formula is C16H15N3OS2. The predicted molar refractivity (Wildman–Crippen MR) is 90.2 cm³/mol. The zero-order valence-corrected chi connectivity index (χ0v) is 13.9. The van der Waals surface area contributed by atoms with Crippen molar-refractivity contribution < 1.29 is 5.11 Å². The van der Waals surface area contributed by atoms with E-state index < -0.39 is 0 Å². The van der Waals surface area contributed by atoms with Crippen LogP contribution in [0.5, 0.6) is 0 Å². The second kappa shape index (κ2) is 6.44. The first-order chi connectivity index (χ1) is 10.7. The fourth-order valence-electron chi connectivity index (χ4n) is 2.16. The van der Waals surface area contributed by atoms with Gasteiger partial charge in [-0.2, -0.15) is 0 Å². The standard InChI is InChI=1S/C16H15N3OS2/c1-11-9-22-16(18-11)12(2)19-6-5-17-15(19)14-8-13(10-21-14)4-3-7-20/h5-6,8-10,12,20H,7H2,1-2H3/t12-/m0/s1. The van der Waals surface area contributed by atoms with Gasteiger partial charge in [0.25, 0.3) is 0 Å². The van der Waals surface area contributed by atoms with Gasteiger partial charge in [0.05, 0.1) is 10.9 Å². The van der Waals surface area contributed by atoms with Crippen LogP contribution in [0.1, 0.15) is 29.2 Å². The van der Waals surface area contributed by atoms with Crippen LogP contribution < -0.4 is 0 Å². The number of thiophene rings is 1. The molecule has 0 aliphatic heterocycles. The predicted octanol–water partition coefficient (Wildman–Crippen LogP) is 3.33. The second-order valence-electron chi connectivity index (χ2n) is 4.82. The molecular weight excluding hydrogens is 314 g/mol. The van der Waals surface area contributed by atoms with E-state index in [-0.39, 0.29) is 12.6 Å². The molecule has 6 heteroatoms. The number of aliphatic hydroxyl groups is 1. The number of hydrogen-bond acceptors (Lipinski definition) is 5. The number of aryl methyl sites for hydroxylation is 1. The number of hydrogen-bond donors (Lipinski definition) is 1. The number of imidazole rings is 1. The lowest BCUT2D eigenvalue weighted by atomic mass is 10.3. The fourth-order valence-corrected chi connectivity index (χ4v) is 3.85. The van der Waals surface area contributed by atoms with Crippen LogP contribution in [-0.2, 0) is 0 Å². The summed E-state index contributed by atoms with van der Waals surface area (Å²) in [6.45, 7) is 4.01. The summed E-state index contributed by atoms with van der Waals surface area (Å²) in [6, 6.07) is 2.15. The summed E-state index contributed by atoms with van der Waals surface area (Å²) in [4.78, 5) is 10.1. The molecule has 0 aromatic carbocycles. The van der Waals surface area contributed by atoms with Crippen LogP contribution in [0.4, 0.5) is 0 Å². The highest BCUT2D eigenvalue weighted by Crippen LogP contribution is 2.30. The van der Waals surface area contributed by atoms with Crippen LogP contribution >= 0.6 is 22.7 Å². The summed E-state index contributed by atoms with van der Waals surface area (Å²) in [5.74, 6) is 6.51. The Labute approximate surface area is 137 Å². The Morgan fingerprint density at radius 2 is 2.23 bits per heavy atom. The monoisotopic (exact) mass is 329 g/mol. The van der Waals surface area contributed by atoms with Crippen molar-refractivity contribution in [3.63, 3.8) is 0 Å². The molecule has 3 heterocycles. The molecule has 0 radical (unpaired) electrons. The van der Waals surface area contributed by atoms with E-state index in [9.17, 15) is 0 Å². The number of thiazole rings is 1. The van der Waals surface area contributed by atoms with Gasteiger partial charge in [-0.3, -0.25) is 0 Å². The first-order valence-electron chi connectivity index (χ1n) is 6.82. The van der Waals surface area contributed by atoms with Crippen molar-refractivity contribution in [2.24, 2.45) is 0 Å². The van der Waals surface area contributed by atoms with Crippen molar-refractivity contribution in [3.05, 3.63) is 45.5 Å². The zero-order valence-electron chi connectivity index (χ0n) is 12.3. The Morgan fingerprint density at radius 3 is 2.95 bits per heavy atom. The molecule has 1 atom stereocenters. The molecule has 3 aromatic heterocycles. The molecule has 0 bridgehead atoms. The summed E-state index contributed by atoms with van der Waals surface area (Å²) in [5, 5.41) is 13.9. The van der Waals surface area contributed by atoms with Gasteiger partial charge in [0, 0.05) is 34.4 Å². The first kappa shape index (κ1) is 15.0. The largest absolute Gasteiger partial charge is 0.384 e. The number of nitrogens with zero attached hydrogens (tertiary/aromatic N) is 3. The Morgan fingerprint density at radius 1 is 1.36 bits per heavy atom. The highest BCUT2D eigenvalue weighted by molar-refractivity contribution is 7.13. The van der Waals surface area contributed by atoms with Gasteiger partial charge >= 0.3 is 0 Å². The summed E-state index contributed by atoms with van der Waals surface area (Å²) in [6.07, 6.45) is 3.79. The van der Waals surface area contributed by atoms with Gasteiger partial charge in [-0.1, -0.05) is 11.8 Å². The SMILES string of the molecule is Cc1csc([C@H](C)n2ccnc2-c2cc(C#CCO)cs2)n1. The number of aliphatic hydroxyl groups excluding tert-OH is 1. The van der Waals surface area contributed by atoms with Crippen molar-refractivity contribution in [2.75, 3.05) is 6.61 Å². The lowest BCUT2D eigenvalue weighted by Gasteiger charge is -2.13. The molecule has 4 nitrogen and oxygen atoms in total. The Balaban J connectivity index is 1.93. The van der Waals surface area contributed by atoms with Gasteiger partial charge in [0.2, 0.25) is 0 Å². The molecule has 3 rings (SSSR count). The summed E-state index contributed by atoms with van der Waals surface area (Å²) in [5.41, 5.74) is 1.95. The van der Waals surface area contributed by atoms with Crippen molar-refractivity contribution in [1.82, 2.24) is 14.5 Å². The maximum Gasteiger partial charge on any atom is 0.150 e. The van der Waals surface area contributed by atoms with Gasteiger partial charge in [-0.15, -0.1) is 22.7 Å². The van der Waals surface area contributed by atoms with Crippen molar-refractivity contribution >= 4 is 22.7 Å². The van der Waals surface area contributed by atoms with Crippen LogP contribution in [0, 0.1) is 18.8 Å². The van der Waals surface area contributed by atoms with Crippen molar-refractivity contribution in [1.29, 1.82) is 0 Å². The zero-order chi connectivity index (χ0) is 15.5. The molecule has 0 saturated carbocycles. The van der Waals surface area contributed by atoms with Crippen LogP contribution in [0.15, 0.2) is 29.2 Å². The molecule has 0 unspecified atom stereocenters. The van der Waals surface area contributed by atoms with E-state index in [2.05, 4.69) is 38.7 Å². The third-order valence-corrected chi connectivity index (χ3v) is 5.27. The highest BCUT2D eigenvalue weighted by Gasteiger charge is 2.17. The van der Waals surface area contributed by atoms with E-state index in [1.807, 2.05) is 30.8 Å². The van der Waals surface area contributed by atoms with Crippen LogP contribution in [0.25, 0.3) is 10.7 Å². The van der Waals surface area contributed by atoms with E-state index in [0.717, 1.165) is 27.0 Å². The van der Waals surface area contributed by atoms with Gasteiger partial charge in [-0.25, -0.2) is 9.97 Å². The lowest BCUT2D eigenvalue weighted by Crippen LogP contribution is -2.06. The molecule has 0 saturated heterocycles. The molecule has 1 N–H and O–H groups in total. The summed E-state index contributed by atoms with van der Waals surface area (Å²) >= 11 is 3.27. The van der Waals surface area contributed by atoms with Gasteiger partial charge < -0.3 is 9.67 Å². The minimum Gasteiger partial charge on any atom is -0.384 e. The molecule has 0 amide bonds. The Kier molecular flexibility index (Phi) is 4.39. The van der Waals surface area contributed by atoms with Crippen LogP contribution in [0.2, 0.25) is 0 Å².